The maximum Gasteiger partial charge on any atom is 0.225 e. The van der Waals surface area contributed by atoms with Crippen molar-refractivity contribution < 1.29 is 5.53 Å². The summed E-state index contributed by atoms with van der Waals surface area (Å²) in [6.07, 6.45) is 5.26. The normalized spacial score (nSPS) is 15.3. The second-order valence-corrected chi connectivity index (χ2v) is 6.93. The van der Waals surface area contributed by atoms with E-state index in [2.05, 4.69) is 57.5 Å². The molecule has 0 aliphatic carbocycles. The summed E-state index contributed by atoms with van der Waals surface area (Å²) in [5.41, 5.74) is 7.37. The van der Waals surface area contributed by atoms with Gasteiger partial charge in [-0.05, 0) is 53.2 Å². The highest BCUT2D eigenvalue weighted by molar-refractivity contribution is 5.86. The van der Waals surface area contributed by atoms with Crippen LogP contribution in [0.15, 0.2) is 59.8 Å². The van der Waals surface area contributed by atoms with Crippen molar-refractivity contribution in [1.82, 2.24) is 9.97 Å². The number of nitrogens with two attached hydrogens (primary N) is 1. The van der Waals surface area contributed by atoms with Gasteiger partial charge in [0.25, 0.3) is 0 Å². The van der Waals surface area contributed by atoms with Crippen molar-refractivity contribution in [3.8, 4) is 11.3 Å². The predicted molar refractivity (Wildman–Crippen MR) is 104 cm³/mol. The molecule has 0 atom stereocenters. The number of fused-ring (bicyclic) bond motifs is 1. The van der Waals surface area contributed by atoms with Gasteiger partial charge in [0.1, 0.15) is 6.54 Å². The van der Waals surface area contributed by atoms with Crippen LogP contribution in [0.2, 0.25) is 0 Å². The van der Waals surface area contributed by atoms with Gasteiger partial charge in [0.15, 0.2) is 0 Å². The van der Waals surface area contributed by atoms with E-state index in [-0.39, 0.29) is 0 Å². The Labute approximate surface area is 153 Å². The molecule has 2 N–H and O–H groups in total. The topological polar surface area (TPSA) is 67.0 Å². The third kappa shape index (κ3) is 3.57. The van der Waals surface area contributed by atoms with Crippen LogP contribution in [0.4, 0.5) is 5.95 Å². The van der Waals surface area contributed by atoms with Crippen molar-refractivity contribution in [1.29, 1.82) is 0 Å². The Kier molecular flexibility index (Phi) is 4.86. The summed E-state index contributed by atoms with van der Waals surface area (Å²) in [7, 11) is 0. The van der Waals surface area contributed by atoms with E-state index < -0.39 is 0 Å². The van der Waals surface area contributed by atoms with Crippen LogP contribution in [0, 0.1) is 5.92 Å². The number of aromatic nitrogens is 2. The Hall–Kier alpha value is -2.82. The van der Waals surface area contributed by atoms with Gasteiger partial charge in [0.2, 0.25) is 5.95 Å². The summed E-state index contributed by atoms with van der Waals surface area (Å²) in [4.78, 5) is 11.6. The summed E-state index contributed by atoms with van der Waals surface area (Å²) < 4.78 is 0. The summed E-state index contributed by atoms with van der Waals surface area (Å²) >= 11 is 0. The smallest absolute Gasteiger partial charge is 0.225 e. The molecule has 0 unspecified atom stereocenters. The average Bonchev–Trinajstić information content (AvgIpc) is 2.72. The van der Waals surface area contributed by atoms with Gasteiger partial charge < -0.3 is 4.90 Å². The fraction of sp³-hybridized carbons (Fsp3) is 0.333. The predicted octanol–water partition coefficient (Wildman–Crippen LogP) is 3.11. The molecule has 5 heteroatoms. The summed E-state index contributed by atoms with van der Waals surface area (Å²) in [6, 6.07) is 16.9. The van der Waals surface area contributed by atoms with Gasteiger partial charge in [-0.2, -0.15) is 5.53 Å². The van der Waals surface area contributed by atoms with E-state index in [9.17, 15) is 0 Å². The molecule has 3 aromatic rings. The van der Waals surface area contributed by atoms with Gasteiger partial charge in [-0.15, -0.1) is 0 Å². The van der Waals surface area contributed by atoms with Crippen molar-refractivity contribution in [3.63, 3.8) is 0 Å². The van der Waals surface area contributed by atoms with E-state index in [1.54, 1.807) is 0 Å². The zero-order valence-electron chi connectivity index (χ0n) is 14.9. The van der Waals surface area contributed by atoms with E-state index in [4.69, 9.17) is 10.5 Å². The quantitative estimate of drug-likeness (QED) is 0.722. The summed E-state index contributed by atoms with van der Waals surface area (Å²) in [5, 5.41) is 6.22. The van der Waals surface area contributed by atoms with Crippen molar-refractivity contribution in [2.75, 3.05) is 24.5 Å². The Balaban J connectivity index is 1.52. The Morgan fingerprint density at radius 3 is 2.65 bits per heavy atom. The molecule has 0 radical (unpaired) electrons. The molecule has 0 amide bonds. The number of benzene rings is 2. The highest BCUT2D eigenvalue weighted by Crippen LogP contribution is 2.26. The van der Waals surface area contributed by atoms with Gasteiger partial charge in [-0.25, -0.2) is 9.97 Å². The molecule has 1 aliphatic rings. The van der Waals surface area contributed by atoms with Crippen LogP contribution < -0.4 is 10.4 Å². The Morgan fingerprint density at radius 1 is 1.04 bits per heavy atom. The van der Waals surface area contributed by atoms with Gasteiger partial charge in [-0.3, -0.25) is 0 Å². The zero-order valence-corrected chi connectivity index (χ0v) is 14.9. The lowest BCUT2D eigenvalue weighted by Crippen LogP contribution is -2.35. The molecule has 4 rings (SSSR count). The number of anilines is 1. The lowest BCUT2D eigenvalue weighted by atomic mass is 9.94. The van der Waals surface area contributed by atoms with Crippen LogP contribution in [-0.2, 0) is 0 Å². The number of rotatable bonds is 5. The molecule has 1 aromatic heterocycles. The fourth-order valence-electron chi connectivity index (χ4n) is 3.69. The number of hydrogen-bond donors (Lipinski definition) is 1. The molecule has 5 nitrogen and oxygen atoms in total. The molecule has 2 aromatic carbocycles. The minimum Gasteiger partial charge on any atom is -0.341 e. The lowest BCUT2D eigenvalue weighted by Gasteiger charge is -2.31. The van der Waals surface area contributed by atoms with Crippen molar-refractivity contribution >= 4 is 16.7 Å². The third-order valence-electron chi connectivity index (χ3n) is 5.25. The fourth-order valence-corrected chi connectivity index (χ4v) is 3.69. The van der Waals surface area contributed by atoms with Crippen LogP contribution in [0.1, 0.15) is 19.3 Å². The third-order valence-corrected chi connectivity index (χ3v) is 5.25. The van der Waals surface area contributed by atoms with Crippen LogP contribution in [0.25, 0.3) is 22.0 Å². The van der Waals surface area contributed by atoms with Crippen molar-refractivity contribution in [3.05, 3.63) is 54.7 Å². The second-order valence-electron chi connectivity index (χ2n) is 6.93. The molecule has 26 heavy (non-hydrogen) atoms. The first-order valence-corrected chi connectivity index (χ1v) is 9.27. The van der Waals surface area contributed by atoms with Gasteiger partial charge >= 0.3 is 0 Å². The molecule has 132 valence electrons. The largest absolute Gasteiger partial charge is 0.341 e. The first kappa shape index (κ1) is 16.6. The molecule has 2 heterocycles. The first-order chi connectivity index (χ1) is 12.8. The van der Waals surface area contributed by atoms with Crippen LogP contribution in [0.5, 0.6) is 0 Å². The minimum absolute atomic E-state index is 0.710. The minimum atomic E-state index is 0.710. The number of nitrogens with zero attached hydrogens (tertiary/aromatic N) is 4. The standard InChI is InChI=1S/C21H23N5/c22-24-12-7-16-9-13-26(14-10-16)21-23-11-8-20(25-21)19-6-5-17-3-1-2-4-18(17)15-19/h1-6,8,11,15-16,22H,7,9-10,12-14H2/p+1. The van der Waals surface area contributed by atoms with E-state index in [0.717, 1.165) is 56.1 Å². The molecular weight excluding hydrogens is 322 g/mol. The van der Waals surface area contributed by atoms with Crippen molar-refractivity contribution in [2.45, 2.75) is 19.3 Å². The van der Waals surface area contributed by atoms with E-state index in [1.807, 2.05) is 12.3 Å². The Bertz CT molecular complexity index is 900. The highest BCUT2D eigenvalue weighted by atomic mass is 15.2. The summed E-state index contributed by atoms with van der Waals surface area (Å²) in [5.74, 6) is 1.54. The zero-order chi connectivity index (χ0) is 17.8. The van der Waals surface area contributed by atoms with Crippen LogP contribution in [-0.4, -0.2) is 29.6 Å². The highest BCUT2D eigenvalue weighted by Gasteiger charge is 2.21. The van der Waals surface area contributed by atoms with E-state index in [1.165, 1.54) is 10.8 Å². The maximum absolute atomic E-state index is 5.27. The number of hydrogen-bond acceptors (Lipinski definition) is 4. The second kappa shape index (κ2) is 7.60. The van der Waals surface area contributed by atoms with Gasteiger partial charge in [0.05, 0.1) is 5.69 Å². The number of piperidine rings is 1. The average molecular weight is 346 g/mol. The van der Waals surface area contributed by atoms with Gasteiger partial charge in [-0.1, -0.05) is 36.4 Å². The molecule has 0 saturated carbocycles. The first-order valence-electron chi connectivity index (χ1n) is 9.27. The molecule has 0 bridgehead atoms. The van der Waals surface area contributed by atoms with Crippen LogP contribution >= 0.6 is 0 Å². The van der Waals surface area contributed by atoms with Crippen molar-refractivity contribution in [2.24, 2.45) is 11.0 Å². The molecule has 1 fully saturated rings. The molecule has 0 spiro atoms. The Morgan fingerprint density at radius 2 is 1.85 bits per heavy atom. The summed E-state index contributed by atoms with van der Waals surface area (Å²) in [6.45, 7) is 2.76. The molecule has 1 aliphatic heterocycles. The monoisotopic (exact) mass is 346 g/mol. The molecular formula is C21H24N5+. The van der Waals surface area contributed by atoms with Crippen LogP contribution in [0.3, 0.4) is 0 Å². The SMILES string of the molecule is [NH2+]=NCCC1CCN(c2nccc(-c3ccc4ccccc4c3)n2)CC1. The molecule has 1 saturated heterocycles. The maximum atomic E-state index is 5.27. The van der Waals surface area contributed by atoms with E-state index in [0.29, 0.717) is 5.92 Å². The van der Waals surface area contributed by atoms with Gasteiger partial charge in [0, 0.05) is 24.8 Å². The lowest BCUT2D eigenvalue weighted by molar-refractivity contribution is -0.222. The van der Waals surface area contributed by atoms with E-state index >= 15 is 0 Å².